The van der Waals surface area contributed by atoms with E-state index >= 15 is 0 Å². The van der Waals surface area contributed by atoms with Crippen LogP contribution in [0.15, 0.2) is 18.2 Å². The van der Waals surface area contributed by atoms with Crippen LogP contribution in [0.4, 0.5) is 5.69 Å². The van der Waals surface area contributed by atoms with E-state index in [1.807, 2.05) is 6.92 Å². The number of benzene rings is 1. The van der Waals surface area contributed by atoms with Gasteiger partial charge in [-0.2, -0.15) is 0 Å². The molecule has 0 saturated carbocycles. The first-order chi connectivity index (χ1) is 7.93. The van der Waals surface area contributed by atoms with Crippen LogP contribution in [0.5, 0.6) is 0 Å². The van der Waals surface area contributed by atoms with Crippen LogP contribution in [0.2, 0.25) is 5.02 Å². The fourth-order valence-electron chi connectivity index (χ4n) is 1.36. The first-order valence-electron chi connectivity index (χ1n) is 5.41. The number of nitrogens with one attached hydrogen (secondary N) is 1. The Bertz CT molecular complexity index is 397. The summed E-state index contributed by atoms with van der Waals surface area (Å²) in [5.74, 6) is -0.369. The summed E-state index contributed by atoms with van der Waals surface area (Å²) in [7, 11) is 0. The fourth-order valence-corrected chi connectivity index (χ4v) is 1.62. The molecule has 1 aromatic rings. The summed E-state index contributed by atoms with van der Waals surface area (Å²) in [4.78, 5) is 12.0. The molecule has 1 unspecified atom stereocenters. The van der Waals surface area contributed by atoms with Gasteiger partial charge in [-0.15, -0.1) is 0 Å². The van der Waals surface area contributed by atoms with Gasteiger partial charge in [-0.1, -0.05) is 24.6 Å². The van der Waals surface area contributed by atoms with Crippen molar-refractivity contribution in [2.45, 2.75) is 25.8 Å². The van der Waals surface area contributed by atoms with E-state index in [-0.39, 0.29) is 18.1 Å². The van der Waals surface area contributed by atoms with E-state index in [0.29, 0.717) is 17.1 Å². The second-order valence-electron chi connectivity index (χ2n) is 4.23. The Morgan fingerprint density at radius 1 is 1.59 bits per heavy atom. The molecule has 0 aliphatic carbocycles. The number of nitrogen functional groups attached to an aromatic ring is 1. The molecule has 5 heteroatoms. The highest BCUT2D eigenvalue weighted by atomic mass is 35.5. The summed E-state index contributed by atoms with van der Waals surface area (Å²) >= 11 is 5.94. The minimum Gasteiger partial charge on any atom is -0.398 e. The van der Waals surface area contributed by atoms with Crippen LogP contribution in [0.1, 0.15) is 30.6 Å². The van der Waals surface area contributed by atoms with Crippen LogP contribution in [-0.2, 0) is 0 Å². The van der Waals surface area contributed by atoms with Crippen molar-refractivity contribution in [3.63, 3.8) is 0 Å². The van der Waals surface area contributed by atoms with Gasteiger partial charge in [-0.3, -0.25) is 4.79 Å². The highest BCUT2D eigenvalue weighted by molar-refractivity contribution is 6.34. The van der Waals surface area contributed by atoms with Gasteiger partial charge in [0.05, 0.1) is 22.7 Å². The van der Waals surface area contributed by atoms with Crippen LogP contribution in [0.25, 0.3) is 0 Å². The van der Waals surface area contributed by atoms with Gasteiger partial charge in [-0.25, -0.2) is 0 Å². The average molecular weight is 257 g/mol. The molecule has 0 saturated heterocycles. The zero-order valence-corrected chi connectivity index (χ0v) is 10.7. The second-order valence-corrected chi connectivity index (χ2v) is 4.64. The first-order valence-corrected chi connectivity index (χ1v) is 5.78. The van der Waals surface area contributed by atoms with Crippen molar-refractivity contribution >= 4 is 23.2 Å². The van der Waals surface area contributed by atoms with E-state index in [2.05, 4.69) is 5.32 Å². The largest absolute Gasteiger partial charge is 0.398 e. The maximum Gasteiger partial charge on any atom is 0.255 e. The van der Waals surface area contributed by atoms with Crippen LogP contribution < -0.4 is 11.1 Å². The monoisotopic (exact) mass is 256 g/mol. The van der Waals surface area contributed by atoms with Crippen molar-refractivity contribution in [3.05, 3.63) is 28.8 Å². The number of aliphatic hydroxyl groups is 1. The zero-order chi connectivity index (χ0) is 13.1. The Labute approximate surface area is 106 Å². The normalized spacial score (nSPS) is 14.1. The van der Waals surface area contributed by atoms with Crippen molar-refractivity contribution in [3.8, 4) is 0 Å². The number of carbonyl (C=O) groups excluding carboxylic acids is 1. The number of amides is 1. The smallest absolute Gasteiger partial charge is 0.255 e. The average Bonchev–Trinajstić information content (AvgIpc) is 2.28. The number of halogens is 1. The molecule has 0 aliphatic rings. The van der Waals surface area contributed by atoms with Gasteiger partial charge < -0.3 is 16.2 Å². The number of hydrogen-bond acceptors (Lipinski definition) is 3. The van der Waals surface area contributed by atoms with Gasteiger partial charge in [0.2, 0.25) is 0 Å². The van der Waals surface area contributed by atoms with E-state index in [4.69, 9.17) is 17.3 Å². The summed E-state index contributed by atoms with van der Waals surface area (Å²) in [6.45, 7) is 3.50. The molecule has 17 heavy (non-hydrogen) atoms. The van der Waals surface area contributed by atoms with E-state index in [9.17, 15) is 9.90 Å². The van der Waals surface area contributed by atoms with Crippen LogP contribution >= 0.6 is 11.6 Å². The highest BCUT2D eigenvalue weighted by Crippen LogP contribution is 2.22. The molecule has 4 N–H and O–H groups in total. The van der Waals surface area contributed by atoms with Crippen LogP contribution in [-0.4, -0.2) is 23.2 Å². The van der Waals surface area contributed by atoms with E-state index in [1.165, 1.54) is 0 Å². The number of nitrogens with two attached hydrogens (primary N) is 1. The lowest BCUT2D eigenvalue weighted by Gasteiger charge is -2.27. The third-order valence-corrected chi connectivity index (χ3v) is 3.13. The summed E-state index contributed by atoms with van der Waals surface area (Å²) in [6.07, 6.45) is 0.611. The van der Waals surface area contributed by atoms with Crippen molar-refractivity contribution in [2.75, 3.05) is 12.3 Å². The maximum absolute atomic E-state index is 12.0. The van der Waals surface area contributed by atoms with Crippen molar-refractivity contribution in [1.29, 1.82) is 0 Å². The van der Waals surface area contributed by atoms with Gasteiger partial charge >= 0.3 is 0 Å². The molecule has 0 aromatic heterocycles. The fraction of sp³-hybridized carbons (Fsp3) is 0.417. The molecule has 0 spiro atoms. The van der Waals surface area contributed by atoms with Gasteiger partial charge in [0.15, 0.2) is 0 Å². The summed E-state index contributed by atoms with van der Waals surface area (Å²) in [5.41, 5.74) is 5.63. The van der Waals surface area contributed by atoms with Crippen molar-refractivity contribution in [1.82, 2.24) is 5.32 Å². The van der Waals surface area contributed by atoms with Gasteiger partial charge in [-0.05, 0) is 25.5 Å². The zero-order valence-electron chi connectivity index (χ0n) is 9.96. The molecular weight excluding hydrogens is 240 g/mol. The Morgan fingerprint density at radius 2 is 2.24 bits per heavy atom. The van der Waals surface area contributed by atoms with Crippen LogP contribution in [0.3, 0.4) is 0 Å². The Hall–Kier alpha value is -1.26. The number of rotatable bonds is 4. The first kappa shape index (κ1) is 13.8. The summed E-state index contributed by atoms with van der Waals surface area (Å²) in [5, 5.41) is 12.3. The molecule has 0 radical (unpaired) electrons. The standard InChI is InChI=1S/C12H17ClN2O2/c1-3-12(2,7-16)15-11(17)10-8(13)5-4-6-9(10)14/h4-6,16H,3,7,14H2,1-2H3,(H,15,17). The maximum atomic E-state index is 12.0. The molecule has 1 atom stereocenters. The number of anilines is 1. The van der Waals surface area contributed by atoms with E-state index < -0.39 is 5.54 Å². The molecule has 1 rings (SSSR count). The predicted octanol–water partition coefficient (Wildman–Crippen LogP) is 1.81. The molecule has 1 aromatic carbocycles. The SMILES string of the molecule is CCC(C)(CO)NC(=O)c1c(N)cccc1Cl. The molecular formula is C12H17ClN2O2. The lowest BCUT2D eigenvalue weighted by Crippen LogP contribution is -2.48. The summed E-state index contributed by atoms with van der Waals surface area (Å²) in [6, 6.07) is 4.90. The van der Waals surface area contributed by atoms with E-state index in [0.717, 1.165) is 0 Å². The second kappa shape index (κ2) is 5.38. The van der Waals surface area contributed by atoms with Gasteiger partial charge in [0.25, 0.3) is 5.91 Å². The lowest BCUT2D eigenvalue weighted by atomic mass is 9.99. The molecule has 1 amide bonds. The summed E-state index contributed by atoms with van der Waals surface area (Å²) < 4.78 is 0. The highest BCUT2D eigenvalue weighted by Gasteiger charge is 2.25. The molecule has 0 aliphatic heterocycles. The topological polar surface area (TPSA) is 75.3 Å². The Kier molecular flexibility index (Phi) is 4.37. The van der Waals surface area contributed by atoms with Crippen molar-refractivity contribution in [2.24, 2.45) is 0 Å². The molecule has 0 bridgehead atoms. The minimum absolute atomic E-state index is 0.139. The Balaban J connectivity index is 2.98. The Morgan fingerprint density at radius 3 is 2.71 bits per heavy atom. The lowest BCUT2D eigenvalue weighted by molar-refractivity contribution is 0.0848. The number of carbonyl (C=O) groups is 1. The van der Waals surface area contributed by atoms with Gasteiger partial charge in [0.1, 0.15) is 0 Å². The quantitative estimate of drug-likeness (QED) is 0.720. The minimum atomic E-state index is -0.664. The number of hydrogen-bond donors (Lipinski definition) is 3. The molecule has 94 valence electrons. The van der Waals surface area contributed by atoms with Crippen LogP contribution in [0, 0.1) is 0 Å². The predicted molar refractivity (Wildman–Crippen MR) is 69.1 cm³/mol. The molecule has 0 heterocycles. The number of aliphatic hydroxyl groups excluding tert-OH is 1. The third-order valence-electron chi connectivity index (χ3n) is 2.82. The van der Waals surface area contributed by atoms with E-state index in [1.54, 1.807) is 25.1 Å². The molecule has 0 fully saturated rings. The third kappa shape index (κ3) is 3.11. The van der Waals surface area contributed by atoms with Crippen molar-refractivity contribution < 1.29 is 9.90 Å². The van der Waals surface area contributed by atoms with Gasteiger partial charge in [0, 0.05) is 5.69 Å². The molecule has 4 nitrogen and oxygen atoms in total.